The molecule has 2 fully saturated rings. The van der Waals surface area contributed by atoms with Crippen LogP contribution in [0.15, 0.2) is 34.4 Å². The average Bonchev–Trinajstić information content (AvgIpc) is 3.01. The van der Waals surface area contributed by atoms with Crippen molar-refractivity contribution in [3.05, 3.63) is 30.1 Å². The van der Waals surface area contributed by atoms with Crippen LogP contribution in [0.5, 0.6) is 0 Å². The van der Waals surface area contributed by atoms with Crippen molar-refractivity contribution in [3.8, 4) is 0 Å². The summed E-state index contributed by atoms with van der Waals surface area (Å²) in [5.74, 6) is 1.66. The predicted molar refractivity (Wildman–Crippen MR) is 125 cm³/mol. The first kappa shape index (κ1) is 22.0. The Morgan fingerprint density at radius 2 is 1.97 bits per heavy atom. The summed E-state index contributed by atoms with van der Waals surface area (Å²) in [7, 11) is 1.77. The van der Waals surface area contributed by atoms with Crippen molar-refractivity contribution in [1.29, 1.82) is 0 Å². The molecular formula is C25H37N5O. The Balaban J connectivity index is 1.43. The zero-order valence-corrected chi connectivity index (χ0v) is 18.9. The third kappa shape index (κ3) is 5.34. The molecule has 2 atom stereocenters. The molecule has 6 nitrogen and oxygen atoms in total. The van der Waals surface area contributed by atoms with E-state index in [0.29, 0.717) is 18.4 Å². The van der Waals surface area contributed by atoms with E-state index in [-0.39, 0.29) is 5.91 Å². The molecule has 6 heteroatoms. The van der Waals surface area contributed by atoms with Crippen LogP contribution < -0.4 is 5.73 Å². The predicted octanol–water partition coefficient (Wildman–Crippen LogP) is 4.49. The van der Waals surface area contributed by atoms with E-state index in [1.165, 1.54) is 37.8 Å². The number of aromatic nitrogens is 1. The fraction of sp³-hybridized carbons (Fsp3) is 0.680. The molecule has 2 aliphatic carbocycles. The van der Waals surface area contributed by atoms with E-state index in [1.54, 1.807) is 11.9 Å². The molecule has 168 valence electrons. The Hall–Kier alpha value is -2.24. The third-order valence-corrected chi connectivity index (χ3v) is 7.49. The number of hydrogen-bond acceptors (Lipinski definition) is 5. The van der Waals surface area contributed by atoms with Gasteiger partial charge < -0.3 is 5.73 Å². The fourth-order valence-corrected chi connectivity index (χ4v) is 5.69. The summed E-state index contributed by atoms with van der Waals surface area (Å²) in [4.78, 5) is 28.9. The lowest BCUT2D eigenvalue weighted by molar-refractivity contribution is -0.131. The summed E-state index contributed by atoms with van der Waals surface area (Å²) in [6, 6.07) is 5.96. The van der Waals surface area contributed by atoms with Gasteiger partial charge in [0, 0.05) is 19.0 Å². The minimum absolute atomic E-state index is 0.0957. The molecule has 0 saturated heterocycles. The van der Waals surface area contributed by atoms with Crippen molar-refractivity contribution in [2.75, 3.05) is 7.05 Å². The molecule has 2 heterocycles. The molecule has 0 spiro atoms. The number of nitrogens with zero attached hydrogens (tertiary/aromatic N) is 4. The van der Waals surface area contributed by atoms with Gasteiger partial charge in [0.15, 0.2) is 5.96 Å². The van der Waals surface area contributed by atoms with Gasteiger partial charge in [0.05, 0.1) is 12.2 Å². The number of rotatable bonds is 7. The van der Waals surface area contributed by atoms with Gasteiger partial charge >= 0.3 is 0 Å². The molecule has 2 N–H and O–H groups in total. The maximum atomic E-state index is 13.3. The molecule has 31 heavy (non-hydrogen) atoms. The molecule has 0 bridgehead atoms. The molecule has 0 aromatic carbocycles. The van der Waals surface area contributed by atoms with Gasteiger partial charge in [0.2, 0.25) is 0 Å². The summed E-state index contributed by atoms with van der Waals surface area (Å²) in [6.45, 7) is 0.641. The quantitative estimate of drug-likeness (QED) is 0.701. The van der Waals surface area contributed by atoms with Crippen molar-refractivity contribution in [2.45, 2.75) is 89.1 Å². The van der Waals surface area contributed by atoms with E-state index in [4.69, 9.17) is 15.7 Å². The number of likely N-dealkylation sites (N-methyl/N-ethyl adjacent to an activating group) is 1. The second-order valence-electron chi connectivity index (χ2n) is 9.78. The van der Waals surface area contributed by atoms with E-state index in [2.05, 4.69) is 4.98 Å². The molecule has 1 unspecified atom stereocenters. The summed E-state index contributed by atoms with van der Waals surface area (Å²) in [5, 5.41) is 0. The number of pyridine rings is 1. The van der Waals surface area contributed by atoms with Crippen molar-refractivity contribution in [2.24, 2.45) is 27.6 Å². The van der Waals surface area contributed by atoms with Gasteiger partial charge in [-0.3, -0.25) is 19.7 Å². The molecule has 3 aliphatic rings. The van der Waals surface area contributed by atoms with Gasteiger partial charge in [-0.25, -0.2) is 4.99 Å². The minimum atomic E-state index is -0.662. The van der Waals surface area contributed by atoms with Crippen LogP contribution in [-0.2, 0) is 11.3 Å². The lowest BCUT2D eigenvalue weighted by atomic mass is 9.74. The first-order valence-electron chi connectivity index (χ1n) is 12.1. The Bertz CT molecular complexity index is 814. The second kappa shape index (κ2) is 9.92. The van der Waals surface area contributed by atoms with Gasteiger partial charge in [-0.15, -0.1) is 0 Å². The van der Waals surface area contributed by atoms with Crippen LogP contribution in [0.4, 0.5) is 0 Å². The maximum Gasteiger partial charge on any atom is 0.257 e. The van der Waals surface area contributed by atoms with E-state index >= 15 is 0 Å². The monoisotopic (exact) mass is 423 g/mol. The molecular weight excluding hydrogens is 386 g/mol. The van der Waals surface area contributed by atoms with Gasteiger partial charge in [-0.2, -0.15) is 0 Å². The Morgan fingerprint density at radius 1 is 1.16 bits per heavy atom. The Morgan fingerprint density at radius 3 is 2.68 bits per heavy atom. The standard InChI is InChI=1S/C25H37N5O/c1-30-23(31)25(29-24(30)26,14-13-19-8-3-2-4-9-19)17-20-10-7-12-21(16-20)28-18-22-11-5-6-15-27-22/h5-6,11,15,19-20H,2-4,7-10,12-14,16-18H2,1H3,(H2,26,29)/t20?,25-/m1/s1. The van der Waals surface area contributed by atoms with Crippen LogP contribution in [-0.4, -0.2) is 40.0 Å². The summed E-state index contributed by atoms with van der Waals surface area (Å²) in [5.41, 5.74) is 7.73. The number of carbonyl (C=O) groups is 1. The van der Waals surface area contributed by atoms with E-state index in [0.717, 1.165) is 56.6 Å². The van der Waals surface area contributed by atoms with Crippen molar-refractivity contribution >= 4 is 17.6 Å². The first-order valence-corrected chi connectivity index (χ1v) is 12.1. The van der Waals surface area contributed by atoms with Gasteiger partial charge in [0.25, 0.3) is 5.91 Å². The van der Waals surface area contributed by atoms with Crippen LogP contribution in [0.25, 0.3) is 0 Å². The zero-order chi connectivity index (χ0) is 21.7. The first-order chi connectivity index (χ1) is 15.1. The molecule has 4 rings (SSSR count). The van der Waals surface area contributed by atoms with Crippen LogP contribution in [0.2, 0.25) is 0 Å². The molecule has 1 aromatic heterocycles. The van der Waals surface area contributed by atoms with E-state index in [9.17, 15) is 4.79 Å². The van der Waals surface area contributed by atoms with Crippen LogP contribution in [0.1, 0.15) is 82.7 Å². The molecule has 1 amide bonds. The highest BCUT2D eigenvalue weighted by Crippen LogP contribution is 2.40. The number of amides is 1. The number of aliphatic imine (C=N–C) groups is 2. The van der Waals surface area contributed by atoms with Crippen LogP contribution >= 0.6 is 0 Å². The maximum absolute atomic E-state index is 13.3. The normalized spacial score (nSPS) is 28.9. The second-order valence-corrected chi connectivity index (χ2v) is 9.78. The number of hydrogen-bond donors (Lipinski definition) is 1. The van der Waals surface area contributed by atoms with Gasteiger partial charge in [-0.05, 0) is 68.9 Å². The third-order valence-electron chi connectivity index (χ3n) is 7.49. The Kier molecular flexibility index (Phi) is 7.03. The minimum Gasteiger partial charge on any atom is -0.369 e. The summed E-state index contributed by atoms with van der Waals surface area (Å²) < 4.78 is 0. The number of nitrogens with two attached hydrogens (primary N) is 1. The van der Waals surface area contributed by atoms with Gasteiger partial charge in [-0.1, -0.05) is 38.2 Å². The van der Waals surface area contributed by atoms with Crippen molar-refractivity contribution in [3.63, 3.8) is 0 Å². The van der Waals surface area contributed by atoms with Crippen LogP contribution in [0.3, 0.4) is 0 Å². The molecule has 0 radical (unpaired) electrons. The molecule has 2 saturated carbocycles. The number of carbonyl (C=O) groups excluding carboxylic acids is 1. The lowest BCUT2D eigenvalue weighted by Gasteiger charge is -2.33. The Labute approximate surface area is 186 Å². The van der Waals surface area contributed by atoms with Crippen molar-refractivity contribution < 1.29 is 4.79 Å². The summed E-state index contributed by atoms with van der Waals surface area (Å²) >= 11 is 0. The highest BCUT2D eigenvalue weighted by molar-refractivity contribution is 6.06. The van der Waals surface area contributed by atoms with Gasteiger partial charge in [0.1, 0.15) is 5.54 Å². The van der Waals surface area contributed by atoms with E-state index < -0.39 is 5.54 Å². The van der Waals surface area contributed by atoms with Crippen LogP contribution in [0, 0.1) is 11.8 Å². The SMILES string of the molecule is CN1C(=O)[C@@](CCC2CCCCC2)(CC2CCCC(=NCc3ccccn3)C2)N=C1N. The highest BCUT2D eigenvalue weighted by atomic mass is 16.2. The fourth-order valence-electron chi connectivity index (χ4n) is 5.69. The smallest absolute Gasteiger partial charge is 0.257 e. The van der Waals surface area contributed by atoms with E-state index in [1.807, 2.05) is 24.4 Å². The molecule has 1 aliphatic heterocycles. The zero-order valence-electron chi connectivity index (χ0n) is 18.9. The lowest BCUT2D eigenvalue weighted by Crippen LogP contribution is -2.44. The molecule has 1 aromatic rings. The topological polar surface area (TPSA) is 83.9 Å². The average molecular weight is 424 g/mol. The highest BCUT2D eigenvalue weighted by Gasteiger charge is 2.47. The number of guanidine groups is 1. The largest absolute Gasteiger partial charge is 0.369 e. The summed E-state index contributed by atoms with van der Waals surface area (Å²) in [6.07, 6.45) is 15.4. The van der Waals surface area contributed by atoms with Crippen molar-refractivity contribution in [1.82, 2.24) is 9.88 Å².